The van der Waals surface area contributed by atoms with E-state index in [-0.39, 0.29) is 5.69 Å². The van der Waals surface area contributed by atoms with Crippen LogP contribution in [0.4, 0.5) is 23.7 Å². The zero-order valence-corrected chi connectivity index (χ0v) is 16.5. The molecule has 2 aromatic rings. The van der Waals surface area contributed by atoms with E-state index in [1.54, 1.807) is 4.90 Å². The number of carbonyl (C=O) groups is 1. The number of hydrogen-bond donors (Lipinski definition) is 1. The van der Waals surface area contributed by atoms with Crippen LogP contribution in [0.2, 0.25) is 0 Å². The van der Waals surface area contributed by atoms with E-state index in [4.69, 9.17) is 4.84 Å². The maximum atomic E-state index is 12.9. The minimum absolute atomic E-state index is 0.122. The fraction of sp³-hybridized carbons (Fsp3) is 0.364. The first-order chi connectivity index (χ1) is 14.2. The fourth-order valence-corrected chi connectivity index (χ4v) is 3.78. The molecule has 0 aliphatic carbocycles. The minimum Gasteiger partial charge on any atom is -0.388 e. The van der Waals surface area contributed by atoms with Crippen molar-refractivity contribution >= 4 is 17.4 Å². The summed E-state index contributed by atoms with van der Waals surface area (Å²) in [7, 11) is 0. The third-order valence-electron chi connectivity index (χ3n) is 5.63. The van der Waals surface area contributed by atoms with Crippen LogP contribution in [0.3, 0.4) is 0 Å². The van der Waals surface area contributed by atoms with Crippen LogP contribution in [0.1, 0.15) is 36.0 Å². The first kappa shape index (κ1) is 20.3. The number of anilines is 1. The van der Waals surface area contributed by atoms with Crippen LogP contribution in [0.5, 0.6) is 0 Å². The Labute approximate surface area is 172 Å². The number of hydrogen-bond acceptors (Lipinski definition) is 3. The lowest BCUT2D eigenvalue weighted by atomic mass is 9.85. The fourth-order valence-electron chi connectivity index (χ4n) is 3.78. The number of amides is 2. The molecular weight excluding hydrogens is 395 g/mol. The number of nitrogens with zero attached hydrogens (tertiary/aromatic N) is 2. The molecule has 0 bridgehead atoms. The first-order valence-electron chi connectivity index (χ1n) is 9.79. The number of alkyl halides is 3. The van der Waals surface area contributed by atoms with Gasteiger partial charge in [0.15, 0.2) is 0 Å². The highest BCUT2D eigenvalue weighted by atomic mass is 19.4. The topological polar surface area (TPSA) is 53.9 Å². The van der Waals surface area contributed by atoms with Crippen LogP contribution in [-0.4, -0.2) is 35.3 Å². The Morgan fingerprint density at radius 2 is 1.83 bits per heavy atom. The lowest BCUT2D eigenvalue weighted by Gasteiger charge is -2.37. The van der Waals surface area contributed by atoms with Crippen LogP contribution >= 0.6 is 0 Å². The molecule has 5 nitrogen and oxygen atoms in total. The van der Waals surface area contributed by atoms with Gasteiger partial charge in [0.05, 0.1) is 11.3 Å². The van der Waals surface area contributed by atoms with Gasteiger partial charge in [-0.3, -0.25) is 0 Å². The predicted octanol–water partition coefficient (Wildman–Crippen LogP) is 5.20. The molecule has 1 spiro atoms. The summed E-state index contributed by atoms with van der Waals surface area (Å²) < 4.78 is 38.6. The third kappa shape index (κ3) is 4.27. The minimum atomic E-state index is -4.45. The van der Waals surface area contributed by atoms with Gasteiger partial charge in [0, 0.05) is 38.0 Å². The normalized spacial score (nSPS) is 18.1. The van der Waals surface area contributed by atoms with Gasteiger partial charge in [-0.2, -0.15) is 13.2 Å². The Morgan fingerprint density at radius 3 is 2.50 bits per heavy atom. The van der Waals surface area contributed by atoms with Crippen LogP contribution in [0.25, 0.3) is 0 Å². The molecule has 0 saturated carbocycles. The lowest BCUT2D eigenvalue weighted by molar-refractivity contribution is -0.137. The molecule has 1 fully saturated rings. The summed E-state index contributed by atoms with van der Waals surface area (Å²) in [6.45, 7) is 2.92. The second-order valence-corrected chi connectivity index (χ2v) is 7.85. The van der Waals surface area contributed by atoms with Gasteiger partial charge in [-0.1, -0.05) is 41.1 Å². The molecule has 2 aromatic carbocycles. The van der Waals surface area contributed by atoms with E-state index in [0.29, 0.717) is 32.4 Å². The second-order valence-electron chi connectivity index (χ2n) is 7.85. The van der Waals surface area contributed by atoms with Crippen molar-refractivity contribution in [2.75, 3.05) is 18.4 Å². The van der Waals surface area contributed by atoms with Gasteiger partial charge in [-0.05, 0) is 30.7 Å². The van der Waals surface area contributed by atoms with Crippen LogP contribution in [-0.2, 0) is 11.0 Å². The largest absolute Gasteiger partial charge is 0.416 e. The summed E-state index contributed by atoms with van der Waals surface area (Å²) in [4.78, 5) is 19.9. The van der Waals surface area contributed by atoms with E-state index < -0.39 is 23.4 Å². The van der Waals surface area contributed by atoms with Crippen molar-refractivity contribution in [1.82, 2.24) is 4.90 Å². The molecule has 0 atom stereocenters. The average Bonchev–Trinajstić information content (AvgIpc) is 3.12. The highest BCUT2D eigenvalue weighted by Crippen LogP contribution is 2.36. The Bertz CT molecular complexity index is 962. The Kier molecular flexibility index (Phi) is 5.17. The van der Waals surface area contributed by atoms with Crippen LogP contribution < -0.4 is 5.32 Å². The van der Waals surface area contributed by atoms with E-state index in [0.717, 1.165) is 23.4 Å². The van der Waals surface area contributed by atoms with Crippen molar-refractivity contribution in [3.63, 3.8) is 0 Å². The van der Waals surface area contributed by atoms with Gasteiger partial charge < -0.3 is 15.1 Å². The number of nitrogens with one attached hydrogen (secondary N) is 1. The Morgan fingerprint density at radius 1 is 1.13 bits per heavy atom. The van der Waals surface area contributed by atoms with E-state index >= 15 is 0 Å². The van der Waals surface area contributed by atoms with E-state index in [2.05, 4.69) is 10.5 Å². The Balaban J connectivity index is 1.34. The number of piperidine rings is 1. The zero-order valence-electron chi connectivity index (χ0n) is 16.5. The summed E-state index contributed by atoms with van der Waals surface area (Å²) in [5.74, 6) is 0. The molecule has 2 aliphatic heterocycles. The van der Waals surface area contributed by atoms with Gasteiger partial charge in [0.2, 0.25) is 0 Å². The molecule has 0 unspecified atom stereocenters. The summed E-state index contributed by atoms with van der Waals surface area (Å²) in [5, 5.41) is 6.83. The first-order valence-corrected chi connectivity index (χ1v) is 9.79. The third-order valence-corrected chi connectivity index (χ3v) is 5.63. The van der Waals surface area contributed by atoms with Crippen molar-refractivity contribution in [2.45, 2.75) is 38.0 Å². The van der Waals surface area contributed by atoms with Crippen molar-refractivity contribution in [3.05, 3.63) is 65.2 Å². The molecule has 2 heterocycles. The quantitative estimate of drug-likeness (QED) is 0.730. The number of rotatable bonds is 2. The van der Waals surface area contributed by atoms with Gasteiger partial charge in [-0.15, -0.1) is 0 Å². The van der Waals surface area contributed by atoms with Crippen molar-refractivity contribution in [2.24, 2.45) is 5.16 Å². The number of halogens is 3. The molecule has 30 heavy (non-hydrogen) atoms. The maximum absolute atomic E-state index is 12.9. The van der Waals surface area contributed by atoms with Crippen molar-refractivity contribution in [1.29, 1.82) is 0 Å². The number of carbonyl (C=O) groups excluding carboxylic acids is 1. The molecule has 0 radical (unpaired) electrons. The molecule has 158 valence electrons. The van der Waals surface area contributed by atoms with Gasteiger partial charge in [0.1, 0.15) is 5.60 Å². The monoisotopic (exact) mass is 417 g/mol. The molecule has 0 aromatic heterocycles. The highest BCUT2D eigenvalue weighted by Gasteiger charge is 2.43. The van der Waals surface area contributed by atoms with E-state index in [1.165, 1.54) is 17.7 Å². The summed E-state index contributed by atoms with van der Waals surface area (Å²) in [6, 6.07) is 12.3. The van der Waals surface area contributed by atoms with Crippen molar-refractivity contribution in [3.8, 4) is 0 Å². The predicted molar refractivity (Wildman–Crippen MR) is 107 cm³/mol. The van der Waals surface area contributed by atoms with Gasteiger partial charge in [0.25, 0.3) is 0 Å². The molecule has 1 saturated heterocycles. The summed E-state index contributed by atoms with van der Waals surface area (Å²) in [6.07, 6.45) is -2.55. The molecule has 2 aliphatic rings. The van der Waals surface area contributed by atoms with Crippen LogP contribution in [0, 0.1) is 6.92 Å². The number of aryl methyl sites for hydroxylation is 1. The lowest BCUT2D eigenvalue weighted by Crippen LogP contribution is -2.48. The molecule has 4 rings (SSSR count). The Hall–Kier alpha value is -3.03. The molecule has 1 N–H and O–H groups in total. The number of oxime groups is 1. The van der Waals surface area contributed by atoms with E-state index in [1.807, 2.05) is 31.2 Å². The SMILES string of the molecule is Cc1ccc(C2=NOC3(CCN(C(=O)Nc4cccc(C(F)(F)F)c4)CC3)C2)cc1. The van der Waals surface area contributed by atoms with Crippen LogP contribution in [0.15, 0.2) is 53.7 Å². The second kappa shape index (κ2) is 7.66. The maximum Gasteiger partial charge on any atom is 0.416 e. The molecule has 2 amide bonds. The average molecular weight is 417 g/mol. The van der Waals surface area contributed by atoms with Gasteiger partial charge >= 0.3 is 12.2 Å². The summed E-state index contributed by atoms with van der Waals surface area (Å²) in [5.41, 5.74) is 2.01. The molecular formula is C22H22F3N3O2. The standard InChI is InChI=1S/C22H22F3N3O2/c1-15-5-7-16(8-6-15)19-14-21(30-27-19)9-11-28(12-10-21)20(29)26-18-4-2-3-17(13-18)22(23,24)25/h2-8,13H,9-12,14H2,1H3,(H,26,29). The van der Waals surface area contributed by atoms with E-state index in [9.17, 15) is 18.0 Å². The molecule has 8 heteroatoms. The number of benzene rings is 2. The zero-order chi connectivity index (χ0) is 21.4. The number of urea groups is 1. The highest BCUT2D eigenvalue weighted by molar-refractivity contribution is 6.01. The smallest absolute Gasteiger partial charge is 0.388 e. The van der Waals surface area contributed by atoms with Crippen molar-refractivity contribution < 1.29 is 22.8 Å². The van der Waals surface area contributed by atoms with Gasteiger partial charge in [-0.25, -0.2) is 4.79 Å². The number of likely N-dealkylation sites (tertiary alicyclic amines) is 1. The summed E-state index contributed by atoms with van der Waals surface area (Å²) >= 11 is 0.